The van der Waals surface area contributed by atoms with Crippen LogP contribution in [0.2, 0.25) is 0 Å². The Morgan fingerprint density at radius 3 is 2.38 bits per heavy atom. The second kappa shape index (κ2) is 7.07. The van der Waals surface area contributed by atoms with Crippen LogP contribution in [-0.2, 0) is 4.79 Å². The first-order valence-electron chi connectivity index (χ1n) is 8.27. The maximum atomic E-state index is 11.5. The van der Waals surface area contributed by atoms with Crippen molar-refractivity contribution < 1.29 is 9.90 Å². The van der Waals surface area contributed by atoms with Gasteiger partial charge in [-0.3, -0.25) is 10.1 Å². The zero-order valence-electron chi connectivity index (χ0n) is 13.8. The fourth-order valence-electron chi connectivity index (χ4n) is 3.21. The first kappa shape index (κ1) is 16.7. The number of aliphatic carboxylic acids is 1. The van der Waals surface area contributed by atoms with Gasteiger partial charge >= 0.3 is 5.97 Å². The minimum absolute atomic E-state index is 0.428. The molecule has 0 aromatic rings. The second-order valence-corrected chi connectivity index (χ2v) is 7.35. The number of carboxylic acid groups (broad SMARTS) is 1. The van der Waals surface area contributed by atoms with E-state index in [2.05, 4.69) is 29.2 Å². The highest BCUT2D eigenvalue weighted by Crippen LogP contribution is 2.25. The highest BCUT2D eigenvalue weighted by molar-refractivity contribution is 5.78. The number of nitrogens with zero attached hydrogens (tertiary/aromatic N) is 2. The van der Waals surface area contributed by atoms with E-state index in [0.29, 0.717) is 12.5 Å². The molecule has 5 nitrogen and oxygen atoms in total. The van der Waals surface area contributed by atoms with Gasteiger partial charge < -0.3 is 14.9 Å². The van der Waals surface area contributed by atoms with E-state index < -0.39 is 11.5 Å². The summed E-state index contributed by atoms with van der Waals surface area (Å²) in [7, 11) is 4.27. The smallest absolute Gasteiger partial charge is 0.323 e. The Balaban J connectivity index is 1.73. The third-order valence-corrected chi connectivity index (χ3v) is 4.83. The van der Waals surface area contributed by atoms with E-state index in [4.69, 9.17) is 0 Å². The van der Waals surface area contributed by atoms with E-state index in [1.807, 2.05) is 6.92 Å². The van der Waals surface area contributed by atoms with Crippen molar-refractivity contribution in [2.45, 2.75) is 50.6 Å². The van der Waals surface area contributed by atoms with E-state index >= 15 is 0 Å². The minimum Gasteiger partial charge on any atom is -0.480 e. The van der Waals surface area contributed by atoms with Gasteiger partial charge in [0.1, 0.15) is 5.54 Å². The van der Waals surface area contributed by atoms with E-state index in [0.717, 1.165) is 38.4 Å². The first-order valence-corrected chi connectivity index (χ1v) is 8.27. The van der Waals surface area contributed by atoms with Crippen molar-refractivity contribution in [3.8, 4) is 0 Å². The average molecular weight is 297 g/mol. The van der Waals surface area contributed by atoms with Gasteiger partial charge in [0.15, 0.2) is 0 Å². The summed E-state index contributed by atoms with van der Waals surface area (Å²) in [5.74, 6) is 0.0867. The predicted octanol–water partition coefficient (Wildman–Crippen LogP) is 1.25. The summed E-state index contributed by atoms with van der Waals surface area (Å²) in [6.07, 6.45) is 5.41. The molecule has 1 aliphatic heterocycles. The van der Waals surface area contributed by atoms with Gasteiger partial charge in [0.25, 0.3) is 0 Å². The molecule has 5 heteroatoms. The van der Waals surface area contributed by atoms with Crippen LogP contribution < -0.4 is 5.32 Å². The van der Waals surface area contributed by atoms with Crippen LogP contribution in [0.3, 0.4) is 0 Å². The molecular weight excluding hydrogens is 266 g/mol. The van der Waals surface area contributed by atoms with Crippen molar-refractivity contribution in [2.75, 3.05) is 40.3 Å². The van der Waals surface area contributed by atoms with Crippen LogP contribution in [0.25, 0.3) is 0 Å². The average Bonchev–Trinajstić information content (AvgIpc) is 3.21. The Morgan fingerprint density at radius 1 is 1.29 bits per heavy atom. The number of hydrogen-bond donors (Lipinski definition) is 2. The van der Waals surface area contributed by atoms with Crippen LogP contribution in [0.1, 0.15) is 39.0 Å². The molecule has 0 amide bonds. The summed E-state index contributed by atoms with van der Waals surface area (Å²) >= 11 is 0. The Hall–Kier alpha value is -0.650. The lowest BCUT2D eigenvalue weighted by molar-refractivity contribution is -0.144. The summed E-state index contributed by atoms with van der Waals surface area (Å²) in [5, 5.41) is 12.8. The zero-order chi connectivity index (χ0) is 15.5. The molecule has 0 bridgehead atoms. The lowest BCUT2D eigenvalue weighted by atomic mass is 9.94. The SMILES string of the molecule is CN(C)CC1CCN(CCC(C)(NC2CC2)C(=O)O)CC1. The zero-order valence-corrected chi connectivity index (χ0v) is 13.8. The van der Waals surface area contributed by atoms with Crippen molar-refractivity contribution in [1.82, 2.24) is 15.1 Å². The molecule has 1 saturated heterocycles. The molecule has 1 heterocycles. The monoisotopic (exact) mass is 297 g/mol. The number of carboxylic acids is 1. The lowest BCUT2D eigenvalue weighted by Gasteiger charge is -2.35. The van der Waals surface area contributed by atoms with Crippen molar-refractivity contribution in [2.24, 2.45) is 5.92 Å². The Morgan fingerprint density at radius 2 is 1.90 bits per heavy atom. The van der Waals surface area contributed by atoms with E-state index in [1.54, 1.807) is 0 Å². The van der Waals surface area contributed by atoms with Crippen LogP contribution in [0.15, 0.2) is 0 Å². The third-order valence-electron chi connectivity index (χ3n) is 4.83. The summed E-state index contributed by atoms with van der Waals surface area (Å²) in [4.78, 5) is 16.2. The molecule has 1 aliphatic carbocycles. The van der Waals surface area contributed by atoms with Crippen molar-refractivity contribution >= 4 is 5.97 Å². The molecular formula is C16H31N3O2. The Bertz CT molecular complexity index is 349. The highest BCUT2D eigenvalue weighted by atomic mass is 16.4. The number of hydrogen-bond acceptors (Lipinski definition) is 4. The normalized spacial score (nSPS) is 24.2. The van der Waals surface area contributed by atoms with Crippen LogP contribution in [0.4, 0.5) is 0 Å². The molecule has 21 heavy (non-hydrogen) atoms. The summed E-state index contributed by atoms with van der Waals surface area (Å²) in [6.45, 7) is 6.11. The molecule has 0 radical (unpaired) electrons. The summed E-state index contributed by atoms with van der Waals surface area (Å²) < 4.78 is 0. The molecule has 2 aliphatic rings. The van der Waals surface area contributed by atoms with Gasteiger partial charge in [-0.15, -0.1) is 0 Å². The molecule has 1 atom stereocenters. The Kier molecular flexibility index (Phi) is 5.63. The fraction of sp³-hybridized carbons (Fsp3) is 0.938. The lowest BCUT2D eigenvalue weighted by Crippen LogP contribution is -2.52. The van der Waals surface area contributed by atoms with Crippen LogP contribution in [-0.4, -0.2) is 72.7 Å². The maximum absolute atomic E-state index is 11.5. The van der Waals surface area contributed by atoms with Crippen molar-refractivity contribution in [3.63, 3.8) is 0 Å². The van der Waals surface area contributed by atoms with Gasteiger partial charge in [-0.25, -0.2) is 0 Å². The van der Waals surface area contributed by atoms with Gasteiger partial charge in [0, 0.05) is 19.1 Å². The quantitative estimate of drug-likeness (QED) is 0.706. The molecule has 0 aromatic heterocycles. The van der Waals surface area contributed by atoms with E-state index in [-0.39, 0.29) is 0 Å². The molecule has 2 fully saturated rings. The molecule has 1 saturated carbocycles. The second-order valence-electron chi connectivity index (χ2n) is 7.35. The number of rotatable bonds is 8. The van der Waals surface area contributed by atoms with Crippen molar-refractivity contribution in [1.29, 1.82) is 0 Å². The number of likely N-dealkylation sites (tertiary alicyclic amines) is 1. The first-order chi connectivity index (χ1) is 9.89. The molecule has 0 aromatic carbocycles. The maximum Gasteiger partial charge on any atom is 0.323 e. The van der Waals surface area contributed by atoms with Gasteiger partial charge in [-0.05, 0) is 72.1 Å². The van der Waals surface area contributed by atoms with E-state index in [1.165, 1.54) is 19.4 Å². The summed E-state index contributed by atoms with van der Waals surface area (Å²) in [5.41, 5.74) is -0.762. The van der Waals surface area contributed by atoms with Crippen LogP contribution in [0.5, 0.6) is 0 Å². The van der Waals surface area contributed by atoms with Gasteiger partial charge in [-0.1, -0.05) is 0 Å². The number of carbonyl (C=O) groups is 1. The highest BCUT2D eigenvalue weighted by Gasteiger charge is 2.38. The molecule has 1 unspecified atom stereocenters. The largest absolute Gasteiger partial charge is 0.480 e. The predicted molar refractivity (Wildman–Crippen MR) is 84.5 cm³/mol. The summed E-state index contributed by atoms with van der Waals surface area (Å²) in [6, 6.07) is 0.428. The standard InChI is InChI=1S/C16H31N3O2/c1-16(15(20)21,17-14-4-5-14)8-11-19-9-6-13(7-10-19)12-18(2)3/h13-14,17H,4-12H2,1-3H3,(H,20,21). The van der Waals surface area contributed by atoms with E-state index in [9.17, 15) is 9.90 Å². The van der Waals surface area contributed by atoms with Gasteiger partial charge in [0.05, 0.1) is 0 Å². The van der Waals surface area contributed by atoms with Crippen LogP contribution in [0, 0.1) is 5.92 Å². The van der Waals surface area contributed by atoms with Gasteiger partial charge in [0.2, 0.25) is 0 Å². The topological polar surface area (TPSA) is 55.8 Å². The van der Waals surface area contributed by atoms with Gasteiger partial charge in [-0.2, -0.15) is 0 Å². The van der Waals surface area contributed by atoms with Crippen molar-refractivity contribution in [3.05, 3.63) is 0 Å². The number of nitrogens with one attached hydrogen (secondary N) is 1. The van der Waals surface area contributed by atoms with Crippen LogP contribution >= 0.6 is 0 Å². The fourth-order valence-corrected chi connectivity index (χ4v) is 3.21. The third kappa shape index (κ3) is 5.24. The molecule has 122 valence electrons. The molecule has 2 N–H and O–H groups in total. The Labute approximate surface area is 128 Å². The molecule has 0 spiro atoms. The minimum atomic E-state index is -0.762. The number of piperidine rings is 1. The molecule has 2 rings (SSSR count).